The first-order valence-corrected chi connectivity index (χ1v) is 4.48. The molecule has 0 spiro atoms. The van der Waals surface area contributed by atoms with Crippen LogP contribution in [0.5, 0.6) is 0 Å². The van der Waals surface area contributed by atoms with Gasteiger partial charge in [0.15, 0.2) is 0 Å². The molecule has 10 heavy (non-hydrogen) atoms. The number of hydrogen-bond acceptors (Lipinski definition) is 2. The highest BCUT2D eigenvalue weighted by molar-refractivity contribution is 7.80. The van der Waals surface area contributed by atoms with Crippen molar-refractivity contribution in [2.75, 3.05) is 0 Å². The first-order valence-electron chi connectivity index (χ1n) is 3.96. The first kappa shape index (κ1) is 10.3. The van der Waals surface area contributed by atoms with Crippen LogP contribution in [-0.2, 0) is 0 Å². The third-order valence-corrected chi connectivity index (χ3v) is 1.52. The molecule has 0 radical (unpaired) electrons. The molecule has 0 saturated carbocycles. The van der Waals surface area contributed by atoms with Crippen LogP contribution < -0.4 is 5.32 Å². The highest BCUT2D eigenvalue weighted by atomic mass is 32.1. The van der Waals surface area contributed by atoms with Crippen molar-refractivity contribution in [2.24, 2.45) is 0 Å². The Labute approximate surface area is 70.0 Å². The van der Waals surface area contributed by atoms with Crippen LogP contribution in [0.15, 0.2) is 0 Å². The van der Waals surface area contributed by atoms with Gasteiger partial charge in [0, 0.05) is 17.3 Å². The van der Waals surface area contributed by atoms with Crippen LogP contribution in [0.4, 0.5) is 0 Å². The lowest BCUT2D eigenvalue weighted by Crippen LogP contribution is -2.33. The van der Waals surface area contributed by atoms with Gasteiger partial charge in [0.1, 0.15) is 0 Å². The number of rotatable bonds is 4. The third kappa shape index (κ3) is 6.43. The van der Waals surface area contributed by atoms with Gasteiger partial charge in [-0.05, 0) is 13.3 Å². The van der Waals surface area contributed by atoms with E-state index >= 15 is 0 Å². The second-order valence-electron chi connectivity index (χ2n) is 3.31. The quantitative estimate of drug-likeness (QED) is 0.602. The second-order valence-corrected chi connectivity index (χ2v) is 4.19. The molecule has 2 heteroatoms. The summed E-state index contributed by atoms with van der Waals surface area (Å²) in [5, 5.41) is 3.93. The normalized spacial score (nSPS) is 17.4. The Morgan fingerprint density at radius 3 is 2.00 bits per heavy atom. The molecule has 0 amide bonds. The topological polar surface area (TPSA) is 12.0 Å². The lowest BCUT2D eigenvalue weighted by atomic mass is 10.2. The van der Waals surface area contributed by atoms with Crippen LogP contribution in [0.1, 0.15) is 34.1 Å². The zero-order valence-electron chi connectivity index (χ0n) is 7.39. The standard InChI is InChI=1S/C8H19NS/c1-6(2)9-7(3)5-8(4)10/h6-10H,5H2,1-4H3. The molecule has 0 rings (SSSR count). The predicted octanol–water partition coefficient (Wildman–Crippen LogP) is 2.08. The summed E-state index contributed by atoms with van der Waals surface area (Å²) < 4.78 is 0. The van der Waals surface area contributed by atoms with Gasteiger partial charge >= 0.3 is 0 Å². The van der Waals surface area contributed by atoms with E-state index in [1.165, 1.54) is 0 Å². The van der Waals surface area contributed by atoms with Crippen molar-refractivity contribution in [3.8, 4) is 0 Å². The molecule has 0 aromatic carbocycles. The Kier molecular flexibility index (Phi) is 5.18. The van der Waals surface area contributed by atoms with Gasteiger partial charge < -0.3 is 5.32 Å². The van der Waals surface area contributed by atoms with Crippen LogP contribution in [-0.4, -0.2) is 17.3 Å². The molecule has 0 saturated heterocycles. The Balaban J connectivity index is 3.34. The summed E-state index contributed by atoms with van der Waals surface area (Å²) in [5.74, 6) is 0. The number of hydrogen-bond donors (Lipinski definition) is 2. The largest absolute Gasteiger partial charge is 0.312 e. The van der Waals surface area contributed by atoms with E-state index in [1.54, 1.807) is 0 Å². The molecule has 0 fully saturated rings. The van der Waals surface area contributed by atoms with E-state index in [2.05, 4.69) is 45.6 Å². The molecule has 0 bridgehead atoms. The van der Waals surface area contributed by atoms with Gasteiger partial charge in [-0.15, -0.1) is 0 Å². The summed E-state index contributed by atoms with van der Waals surface area (Å²) in [6, 6.07) is 1.18. The van der Waals surface area contributed by atoms with Gasteiger partial charge in [0.25, 0.3) is 0 Å². The molecule has 0 aliphatic carbocycles. The molecule has 0 aliphatic rings. The van der Waals surface area contributed by atoms with Crippen molar-refractivity contribution in [1.82, 2.24) is 5.32 Å². The van der Waals surface area contributed by atoms with E-state index < -0.39 is 0 Å². The Morgan fingerprint density at radius 2 is 1.70 bits per heavy atom. The van der Waals surface area contributed by atoms with Crippen molar-refractivity contribution in [3.63, 3.8) is 0 Å². The Morgan fingerprint density at radius 1 is 1.20 bits per heavy atom. The summed E-state index contributed by atoms with van der Waals surface area (Å²) in [4.78, 5) is 0. The summed E-state index contributed by atoms with van der Waals surface area (Å²) in [5.41, 5.74) is 0. The van der Waals surface area contributed by atoms with Crippen molar-refractivity contribution in [1.29, 1.82) is 0 Å². The maximum Gasteiger partial charge on any atom is 0.00514 e. The fourth-order valence-corrected chi connectivity index (χ4v) is 1.46. The molecule has 0 aromatic heterocycles. The maximum absolute atomic E-state index is 4.32. The van der Waals surface area contributed by atoms with Crippen molar-refractivity contribution in [3.05, 3.63) is 0 Å². The van der Waals surface area contributed by atoms with Crippen LogP contribution in [0.3, 0.4) is 0 Å². The van der Waals surface area contributed by atoms with Gasteiger partial charge in [-0.2, -0.15) is 12.6 Å². The summed E-state index contributed by atoms with van der Waals surface area (Å²) in [7, 11) is 0. The van der Waals surface area contributed by atoms with Crippen molar-refractivity contribution >= 4 is 12.6 Å². The minimum atomic E-state index is 0.501. The Hall–Kier alpha value is 0.310. The zero-order valence-corrected chi connectivity index (χ0v) is 8.28. The number of nitrogens with one attached hydrogen (secondary N) is 1. The fraction of sp³-hybridized carbons (Fsp3) is 1.00. The highest BCUT2D eigenvalue weighted by Gasteiger charge is 2.05. The zero-order chi connectivity index (χ0) is 8.15. The first-order chi connectivity index (χ1) is 4.52. The Bertz CT molecular complexity index is 71.3. The van der Waals surface area contributed by atoms with E-state index in [0.29, 0.717) is 17.3 Å². The van der Waals surface area contributed by atoms with Crippen LogP contribution in [0.2, 0.25) is 0 Å². The van der Waals surface area contributed by atoms with E-state index in [-0.39, 0.29) is 0 Å². The molecule has 0 heterocycles. The summed E-state index contributed by atoms with van der Waals surface area (Å²) in [6.07, 6.45) is 1.14. The summed E-state index contributed by atoms with van der Waals surface area (Å²) >= 11 is 4.32. The average molecular weight is 161 g/mol. The molecule has 1 nitrogen and oxygen atoms in total. The third-order valence-electron chi connectivity index (χ3n) is 1.31. The molecule has 2 atom stereocenters. The van der Waals surface area contributed by atoms with Crippen molar-refractivity contribution < 1.29 is 0 Å². The molecule has 2 unspecified atom stereocenters. The maximum atomic E-state index is 4.32. The fourth-order valence-electron chi connectivity index (χ4n) is 1.15. The number of thiol groups is 1. The molecule has 62 valence electrons. The van der Waals surface area contributed by atoms with Crippen LogP contribution in [0, 0.1) is 0 Å². The molecular formula is C8H19NS. The average Bonchev–Trinajstić information content (AvgIpc) is 1.58. The van der Waals surface area contributed by atoms with E-state index in [9.17, 15) is 0 Å². The molecular weight excluding hydrogens is 142 g/mol. The smallest absolute Gasteiger partial charge is 0.00514 e. The van der Waals surface area contributed by atoms with Gasteiger partial charge in [0.05, 0.1) is 0 Å². The highest BCUT2D eigenvalue weighted by Crippen LogP contribution is 2.03. The van der Waals surface area contributed by atoms with Gasteiger partial charge in [0.2, 0.25) is 0 Å². The predicted molar refractivity (Wildman–Crippen MR) is 50.8 cm³/mol. The SMILES string of the molecule is CC(S)CC(C)NC(C)C. The van der Waals surface area contributed by atoms with Crippen LogP contribution in [0.25, 0.3) is 0 Å². The molecule has 0 aliphatic heterocycles. The van der Waals surface area contributed by atoms with Gasteiger partial charge in [-0.1, -0.05) is 20.8 Å². The van der Waals surface area contributed by atoms with Crippen molar-refractivity contribution in [2.45, 2.75) is 51.4 Å². The van der Waals surface area contributed by atoms with E-state index in [4.69, 9.17) is 0 Å². The summed E-state index contributed by atoms with van der Waals surface area (Å²) in [6.45, 7) is 8.66. The van der Waals surface area contributed by atoms with Crippen LogP contribution >= 0.6 is 12.6 Å². The van der Waals surface area contributed by atoms with E-state index in [1.807, 2.05) is 0 Å². The van der Waals surface area contributed by atoms with Gasteiger partial charge in [-0.3, -0.25) is 0 Å². The lowest BCUT2D eigenvalue weighted by Gasteiger charge is -2.17. The second kappa shape index (κ2) is 5.03. The van der Waals surface area contributed by atoms with Gasteiger partial charge in [-0.25, -0.2) is 0 Å². The lowest BCUT2D eigenvalue weighted by molar-refractivity contribution is 0.466. The minimum Gasteiger partial charge on any atom is -0.312 e. The van der Waals surface area contributed by atoms with E-state index in [0.717, 1.165) is 6.42 Å². The molecule has 0 aromatic rings. The monoisotopic (exact) mass is 161 g/mol. The molecule has 1 N–H and O–H groups in total. The minimum absolute atomic E-state index is 0.501.